The second-order valence-corrected chi connectivity index (χ2v) is 9.45. The summed E-state index contributed by atoms with van der Waals surface area (Å²) in [6, 6.07) is 5.11. The highest BCUT2D eigenvalue weighted by atomic mass is 32.2. The van der Waals surface area contributed by atoms with Gasteiger partial charge in [-0.2, -0.15) is 13.9 Å². The van der Waals surface area contributed by atoms with Gasteiger partial charge >= 0.3 is 0 Å². The van der Waals surface area contributed by atoms with Crippen molar-refractivity contribution in [1.82, 2.24) is 9.78 Å². The molecular weight excluding hydrogens is 440 g/mol. The average molecular weight is 462 g/mol. The fourth-order valence-corrected chi connectivity index (χ4v) is 4.33. The standard InChI is InChI=1S/C19H22F4N4O3S/c1-11-15(17(28)25-13-4-3-5-14(8-13)31(24,29)30)27(26-16(11)18(2,20)21)10-12-6-7-19(22,23)9-12/h3-5,8,12H,6-7,9-10H2,1-2H3,(H,25,28)(H2,24,29,30)/t12-/m0/s1. The smallest absolute Gasteiger partial charge is 0.289 e. The molecule has 1 aromatic carbocycles. The van der Waals surface area contributed by atoms with E-state index in [1.165, 1.54) is 25.1 Å². The van der Waals surface area contributed by atoms with Gasteiger partial charge in [0.05, 0.1) is 4.90 Å². The van der Waals surface area contributed by atoms with Crippen molar-refractivity contribution in [1.29, 1.82) is 0 Å². The van der Waals surface area contributed by atoms with E-state index in [1.54, 1.807) is 0 Å². The number of anilines is 1. The number of amides is 1. The molecule has 0 unspecified atom stereocenters. The first-order valence-corrected chi connectivity index (χ1v) is 11.0. The molecule has 1 atom stereocenters. The van der Waals surface area contributed by atoms with Gasteiger partial charge in [-0.1, -0.05) is 6.07 Å². The van der Waals surface area contributed by atoms with Crippen LogP contribution in [-0.4, -0.2) is 30.0 Å². The van der Waals surface area contributed by atoms with Crippen LogP contribution in [0.15, 0.2) is 29.2 Å². The average Bonchev–Trinajstić information content (AvgIpc) is 3.13. The van der Waals surface area contributed by atoms with E-state index in [2.05, 4.69) is 10.4 Å². The summed E-state index contributed by atoms with van der Waals surface area (Å²) in [4.78, 5) is 12.7. The van der Waals surface area contributed by atoms with E-state index in [-0.39, 0.29) is 41.2 Å². The molecule has 0 radical (unpaired) electrons. The third kappa shape index (κ3) is 5.24. The van der Waals surface area contributed by atoms with Gasteiger partial charge in [-0.15, -0.1) is 0 Å². The van der Waals surface area contributed by atoms with E-state index in [4.69, 9.17) is 5.14 Å². The van der Waals surface area contributed by atoms with E-state index in [0.717, 1.165) is 10.7 Å². The van der Waals surface area contributed by atoms with Gasteiger partial charge in [-0.05, 0) is 37.5 Å². The molecule has 2 aromatic rings. The second kappa shape index (κ2) is 7.90. The summed E-state index contributed by atoms with van der Waals surface area (Å²) in [6.07, 6.45) is -0.543. The van der Waals surface area contributed by atoms with Gasteiger partial charge in [0, 0.05) is 37.6 Å². The zero-order valence-electron chi connectivity index (χ0n) is 16.8. The molecule has 1 aliphatic carbocycles. The van der Waals surface area contributed by atoms with Crippen LogP contribution < -0.4 is 10.5 Å². The van der Waals surface area contributed by atoms with Crippen molar-refractivity contribution < 1.29 is 30.8 Å². The molecule has 0 bridgehead atoms. The Labute approximate surface area is 176 Å². The predicted molar refractivity (Wildman–Crippen MR) is 105 cm³/mol. The van der Waals surface area contributed by atoms with Crippen LogP contribution >= 0.6 is 0 Å². The first-order valence-electron chi connectivity index (χ1n) is 9.45. The van der Waals surface area contributed by atoms with E-state index >= 15 is 0 Å². The van der Waals surface area contributed by atoms with Crippen molar-refractivity contribution >= 4 is 21.6 Å². The van der Waals surface area contributed by atoms with E-state index in [1.807, 2.05) is 0 Å². The fourth-order valence-electron chi connectivity index (χ4n) is 3.77. The first kappa shape index (κ1) is 23.2. The third-order valence-corrected chi connectivity index (χ3v) is 6.09. The number of hydrogen-bond donors (Lipinski definition) is 2. The van der Waals surface area contributed by atoms with Crippen LogP contribution in [0.25, 0.3) is 0 Å². The van der Waals surface area contributed by atoms with E-state index < -0.39 is 45.8 Å². The molecular formula is C19H22F4N4O3S. The topological polar surface area (TPSA) is 107 Å². The van der Waals surface area contributed by atoms with Crippen LogP contribution in [0.5, 0.6) is 0 Å². The Balaban J connectivity index is 1.95. The summed E-state index contributed by atoms with van der Waals surface area (Å²) in [5.74, 6) is -7.53. The molecule has 1 amide bonds. The van der Waals surface area contributed by atoms with Crippen LogP contribution in [0.2, 0.25) is 0 Å². The van der Waals surface area contributed by atoms with Crippen molar-refractivity contribution in [2.45, 2.75) is 56.4 Å². The summed E-state index contributed by atoms with van der Waals surface area (Å²) in [5.41, 5.74) is -0.841. The maximum Gasteiger partial charge on any atom is 0.289 e. The van der Waals surface area contributed by atoms with Crippen LogP contribution in [0.1, 0.15) is 47.9 Å². The number of primary sulfonamides is 1. The lowest BCUT2D eigenvalue weighted by Gasteiger charge is -2.14. The lowest BCUT2D eigenvalue weighted by atomic mass is 10.1. The van der Waals surface area contributed by atoms with Gasteiger partial charge in [0.1, 0.15) is 11.4 Å². The number of nitrogens with one attached hydrogen (secondary N) is 1. The molecule has 3 N–H and O–H groups in total. The SMILES string of the molecule is Cc1c(C(C)(F)F)nn(C[C@H]2CCC(F)(F)C2)c1C(=O)Nc1cccc(S(N)(=O)=O)c1. The predicted octanol–water partition coefficient (Wildman–Crippen LogP) is 3.64. The quantitative estimate of drug-likeness (QED) is 0.639. The number of aromatic nitrogens is 2. The minimum atomic E-state index is -4.02. The molecule has 3 rings (SSSR count). The first-order chi connectivity index (χ1) is 14.2. The number of sulfonamides is 1. The van der Waals surface area contributed by atoms with Crippen LogP contribution in [0.3, 0.4) is 0 Å². The van der Waals surface area contributed by atoms with Crippen LogP contribution in [0.4, 0.5) is 23.2 Å². The van der Waals surface area contributed by atoms with E-state index in [9.17, 15) is 30.8 Å². The minimum absolute atomic E-state index is 0.0703. The van der Waals surface area contributed by atoms with Crippen molar-refractivity contribution in [2.24, 2.45) is 11.1 Å². The number of carbonyl (C=O) groups is 1. The molecule has 7 nitrogen and oxygen atoms in total. The maximum absolute atomic E-state index is 14.0. The summed E-state index contributed by atoms with van der Waals surface area (Å²) >= 11 is 0. The Bertz CT molecular complexity index is 1110. The summed E-state index contributed by atoms with van der Waals surface area (Å²) < 4.78 is 79.2. The molecule has 1 aliphatic rings. The number of nitrogens with zero attached hydrogens (tertiary/aromatic N) is 2. The Morgan fingerprint density at radius 2 is 2.06 bits per heavy atom. The number of alkyl halides is 4. The molecule has 1 heterocycles. The van der Waals surface area contributed by atoms with Gasteiger partial charge in [-0.3, -0.25) is 9.48 Å². The summed E-state index contributed by atoms with van der Waals surface area (Å²) in [6.45, 7) is 1.81. The maximum atomic E-state index is 14.0. The zero-order chi connectivity index (χ0) is 23.2. The number of rotatable bonds is 6. The molecule has 1 fully saturated rings. The Hall–Kier alpha value is -2.47. The number of benzene rings is 1. The zero-order valence-corrected chi connectivity index (χ0v) is 17.6. The minimum Gasteiger partial charge on any atom is -0.321 e. The van der Waals surface area contributed by atoms with E-state index in [0.29, 0.717) is 6.92 Å². The fraction of sp³-hybridized carbons (Fsp3) is 0.474. The molecule has 0 aliphatic heterocycles. The number of carbonyl (C=O) groups excluding carboxylic acids is 1. The lowest BCUT2D eigenvalue weighted by Crippen LogP contribution is -2.22. The Morgan fingerprint density at radius 1 is 1.39 bits per heavy atom. The number of hydrogen-bond acceptors (Lipinski definition) is 4. The van der Waals surface area contributed by atoms with Crippen molar-refractivity contribution in [3.05, 3.63) is 41.2 Å². The molecule has 1 saturated carbocycles. The number of halogens is 4. The highest BCUT2D eigenvalue weighted by molar-refractivity contribution is 7.89. The van der Waals surface area contributed by atoms with Gasteiger partial charge in [-0.25, -0.2) is 22.3 Å². The highest BCUT2D eigenvalue weighted by Crippen LogP contribution is 2.40. The molecule has 1 aromatic heterocycles. The highest BCUT2D eigenvalue weighted by Gasteiger charge is 2.41. The molecule has 0 spiro atoms. The second-order valence-electron chi connectivity index (χ2n) is 7.88. The molecule has 0 saturated heterocycles. The van der Waals surface area contributed by atoms with Crippen LogP contribution in [0, 0.1) is 12.8 Å². The van der Waals surface area contributed by atoms with Gasteiger partial charge < -0.3 is 5.32 Å². The van der Waals surface area contributed by atoms with Crippen molar-refractivity contribution in [3.8, 4) is 0 Å². The molecule has 170 valence electrons. The summed E-state index contributed by atoms with van der Waals surface area (Å²) in [7, 11) is -4.02. The largest absolute Gasteiger partial charge is 0.321 e. The third-order valence-electron chi connectivity index (χ3n) is 5.18. The van der Waals surface area contributed by atoms with Gasteiger partial charge in [0.15, 0.2) is 0 Å². The van der Waals surface area contributed by atoms with Crippen LogP contribution in [-0.2, 0) is 22.5 Å². The summed E-state index contributed by atoms with van der Waals surface area (Å²) in [5, 5.41) is 11.4. The molecule has 12 heteroatoms. The normalized spacial score (nSPS) is 18.9. The van der Waals surface area contributed by atoms with Crippen molar-refractivity contribution in [3.63, 3.8) is 0 Å². The van der Waals surface area contributed by atoms with Gasteiger partial charge in [0.2, 0.25) is 15.9 Å². The van der Waals surface area contributed by atoms with Gasteiger partial charge in [0.25, 0.3) is 11.8 Å². The Kier molecular flexibility index (Phi) is 5.91. The molecule has 31 heavy (non-hydrogen) atoms. The Morgan fingerprint density at radius 3 is 2.61 bits per heavy atom. The monoisotopic (exact) mass is 462 g/mol. The van der Waals surface area contributed by atoms with Crippen molar-refractivity contribution in [2.75, 3.05) is 5.32 Å². The number of nitrogens with two attached hydrogens (primary N) is 1. The lowest BCUT2D eigenvalue weighted by molar-refractivity contribution is 0.00345.